The maximum absolute atomic E-state index is 5.01. The van der Waals surface area contributed by atoms with Crippen molar-refractivity contribution in [1.82, 2.24) is 10.3 Å². The van der Waals surface area contributed by atoms with Crippen molar-refractivity contribution in [2.45, 2.75) is 32.4 Å². The van der Waals surface area contributed by atoms with Crippen LogP contribution in [0.25, 0.3) is 0 Å². The first kappa shape index (κ1) is 10.4. The molecule has 0 aromatic carbocycles. The standard InChI is InChI=1S/C12H18N2O/c1-9(11-4-5-11)13-7-10-3-6-12(15-2)14-8-10/h3,6,8-9,11,13H,4-5,7H2,1-2H3/t9-/m0/s1. The average molecular weight is 206 g/mol. The average Bonchev–Trinajstić information content (AvgIpc) is 3.10. The molecular weight excluding hydrogens is 188 g/mol. The Kier molecular flexibility index (Phi) is 3.21. The lowest BCUT2D eigenvalue weighted by atomic mass is 10.2. The smallest absolute Gasteiger partial charge is 0.212 e. The molecule has 1 aromatic rings. The molecule has 0 saturated heterocycles. The number of methoxy groups -OCH3 is 1. The Bertz CT molecular complexity index is 306. The first-order valence-corrected chi connectivity index (χ1v) is 5.52. The first-order valence-electron chi connectivity index (χ1n) is 5.52. The largest absolute Gasteiger partial charge is 0.481 e. The molecule has 1 saturated carbocycles. The number of nitrogens with zero attached hydrogens (tertiary/aromatic N) is 1. The van der Waals surface area contributed by atoms with Crippen LogP contribution in [0, 0.1) is 5.92 Å². The lowest BCUT2D eigenvalue weighted by molar-refractivity contribution is 0.397. The van der Waals surface area contributed by atoms with Crippen molar-refractivity contribution in [3.8, 4) is 5.88 Å². The van der Waals surface area contributed by atoms with Gasteiger partial charge in [-0.15, -0.1) is 0 Å². The molecule has 0 unspecified atom stereocenters. The summed E-state index contributed by atoms with van der Waals surface area (Å²) in [4.78, 5) is 4.17. The highest BCUT2D eigenvalue weighted by Gasteiger charge is 2.27. The highest BCUT2D eigenvalue weighted by molar-refractivity contribution is 5.17. The second kappa shape index (κ2) is 4.62. The van der Waals surface area contributed by atoms with Gasteiger partial charge >= 0.3 is 0 Å². The lowest BCUT2D eigenvalue weighted by Gasteiger charge is -2.12. The SMILES string of the molecule is COc1ccc(CN[C@@H](C)C2CC2)cn1. The molecule has 3 nitrogen and oxygen atoms in total. The van der Waals surface area contributed by atoms with Gasteiger partial charge in [0.2, 0.25) is 5.88 Å². The van der Waals surface area contributed by atoms with Crippen molar-refractivity contribution >= 4 is 0 Å². The molecule has 0 amide bonds. The molecule has 0 spiro atoms. The molecule has 3 heteroatoms. The number of hydrogen-bond donors (Lipinski definition) is 1. The molecule has 82 valence electrons. The van der Waals surface area contributed by atoms with Gasteiger partial charge < -0.3 is 10.1 Å². The molecule has 0 aliphatic heterocycles. The maximum Gasteiger partial charge on any atom is 0.212 e. The van der Waals surface area contributed by atoms with Crippen molar-refractivity contribution in [2.24, 2.45) is 5.92 Å². The Morgan fingerprint density at radius 1 is 1.53 bits per heavy atom. The fourth-order valence-electron chi connectivity index (χ4n) is 1.68. The van der Waals surface area contributed by atoms with Crippen LogP contribution in [-0.4, -0.2) is 18.1 Å². The molecule has 2 rings (SSSR count). The Morgan fingerprint density at radius 3 is 2.87 bits per heavy atom. The molecule has 1 fully saturated rings. The van der Waals surface area contributed by atoms with Crippen LogP contribution in [0.1, 0.15) is 25.3 Å². The Hall–Kier alpha value is -1.09. The molecule has 0 radical (unpaired) electrons. The Labute approximate surface area is 90.9 Å². The molecule has 1 aliphatic rings. The van der Waals surface area contributed by atoms with Gasteiger partial charge in [-0.2, -0.15) is 0 Å². The third-order valence-electron chi connectivity index (χ3n) is 2.96. The van der Waals surface area contributed by atoms with E-state index in [4.69, 9.17) is 4.74 Å². The summed E-state index contributed by atoms with van der Waals surface area (Å²) in [5.41, 5.74) is 1.21. The van der Waals surface area contributed by atoms with E-state index in [1.165, 1.54) is 18.4 Å². The molecule has 1 atom stereocenters. The van der Waals surface area contributed by atoms with Gasteiger partial charge in [-0.3, -0.25) is 0 Å². The molecule has 1 heterocycles. The Morgan fingerprint density at radius 2 is 2.33 bits per heavy atom. The summed E-state index contributed by atoms with van der Waals surface area (Å²) in [6.07, 6.45) is 4.63. The van der Waals surface area contributed by atoms with Crippen molar-refractivity contribution in [3.05, 3.63) is 23.9 Å². The van der Waals surface area contributed by atoms with Crippen LogP contribution in [-0.2, 0) is 6.54 Å². The minimum Gasteiger partial charge on any atom is -0.481 e. The van der Waals surface area contributed by atoms with Gasteiger partial charge in [-0.25, -0.2) is 4.98 Å². The van der Waals surface area contributed by atoms with Crippen LogP contribution in [0.5, 0.6) is 5.88 Å². The molecule has 1 N–H and O–H groups in total. The van der Waals surface area contributed by atoms with E-state index in [2.05, 4.69) is 23.3 Å². The van der Waals surface area contributed by atoms with E-state index >= 15 is 0 Å². The molecule has 1 aliphatic carbocycles. The van der Waals surface area contributed by atoms with E-state index < -0.39 is 0 Å². The van der Waals surface area contributed by atoms with Crippen molar-refractivity contribution in [3.63, 3.8) is 0 Å². The molecular formula is C12H18N2O. The summed E-state index contributed by atoms with van der Waals surface area (Å²) < 4.78 is 5.01. The van der Waals surface area contributed by atoms with Crippen LogP contribution < -0.4 is 10.1 Å². The lowest BCUT2D eigenvalue weighted by Crippen LogP contribution is -2.27. The monoisotopic (exact) mass is 206 g/mol. The molecule has 0 bridgehead atoms. The number of aromatic nitrogens is 1. The van der Waals surface area contributed by atoms with Crippen LogP contribution in [0.3, 0.4) is 0 Å². The molecule has 15 heavy (non-hydrogen) atoms. The summed E-state index contributed by atoms with van der Waals surface area (Å²) >= 11 is 0. The fraction of sp³-hybridized carbons (Fsp3) is 0.583. The molecule has 1 aromatic heterocycles. The summed E-state index contributed by atoms with van der Waals surface area (Å²) in [7, 11) is 1.63. The van der Waals surface area contributed by atoms with E-state index in [1.54, 1.807) is 7.11 Å². The van der Waals surface area contributed by atoms with E-state index in [0.717, 1.165) is 12.5 Å². The van der Waals surface area contributed by atoms with Gasteiger partial charge in [0.15, 0.2) is 0 Å². The summed E-state index contributed by atoms with van der Waals surface area (Å²) in [5, 5.41) is 3.52. The highest BCUT2D eigenvalue weighted by Crippen LogP contribution is 2.32. The topological polar surface area (TPSA) is 34.1 Å². The number of pyridine rings is 1. The van der Waals surface area contributed by atoms with Crippen LogP contribution in [0.2, 0.25) is 0 Å². The third-order valence-corrected chi connectivity index (χ3v) is 2.96. The predicted octanol–water partition coefficient (Wildman–Crippen LogP) is 1.98. The highest BCUT2D eigenvalue weighted by atomic mass is 16.5. The number of hydrogen-bond acceptors (Lipinski definition) is 3. The zero-order valence-electron chi connectivity index (χ0n) is 9.36. The Balaban J connectivity index is 1.81. The maximum atomic E-state index is 5.01. The summed E-state index contributed by atoms with van der Waals surface area (Å²) in [5.74, 6) is 1.57. The van der Waals surface area contributed by atoms with Gasteiger partial charge in [0, 0.05) is 24.8 Å². The number of rotatable bonds is 5. The van der Waals surface area contributed by atoms with Crippen molar-refractivity contribution in [1.29, 1.82) is 0 Å². The van der Waals surface area contributed by atoms with Gasteiger partial charge in [-0.1, -0.05) is 6.07 Å². The van der Waals surface area contributed by atoms with E-state index in [9.17, 15) is 0 Å². The first-order chi connectivity index (χ1) is 7.29. The van der Waals surface area contributed by atoms with Crippen molar-refractivity contribution < 1.29 is 4.74 Å². The zero-order chi connectivity index (χ0) is 10.7. The normalized spacial score (nSPS) is 17.5. The van der Waals surface area contributed by atoms with Crippen molar-refractivity contribution in [2.75, 3.05) is 7.11 Å². The van der Waals surface area contributed by atoms with Gasteiger partial charge in [0.05, 0.1) is 7.11 Å². The second-order valence-corrected chi connectivity index (χ2v) is 4.22. The van der Waals surface area contributed by atoms with E-state index in [-0.39, 0.29) is 0 Å². The van der Waals surface area contributed by atoms with Gasteiger partial charge in [0.25, 0.3) is 0 Å². The third kappa shape index (κ3) is 2.93. The number of ether oxygens (including phenoxy) is 1. The quantitative estimate of drug-likeness (QED) is 0.800. The summed E-state index contributed by atoms with van der Waals surface area (Å²) in [6.45, 7) is 3.16. The van der Waals surface area contributed by atoms with Gasteiger partial charge in [0.1, 0.15) is 0 Å². The van der Waals surface area contributed by atoms with Crippen LogP contribution in [0.4, 0.5) is 0 Å². The van der Waals surface area contributed by atoms with E-state index in [0.29, 0.717) is 11.9 Å². The predicted molar refractivity (Wildman–Crippen MR) is 59.8 cm³/mol. The summed E-state index contributed by atoms with van der Waals surface area (Å²) in [6, 6.07) is 4.59. The minimum absolute atomic E-state index is 0.632. The van der Waals surface area contributed by atoms with Gasteiger partial charge in [-0.05, 0) is 31.2 Å². The van der Waals surface area contributed by atoms with Crippen LogP contribution >= 0.6 is 0 Å². The minimum atomic E-state index is 0.632. The van der Waals surface area contributed by atoms with Crippen LogP contribution in [0.15, 0.2) is 18.3 Å². The number of nitrogens with one attached hydrogen (secondary N) is 1. The zero-order valence-corrected chi connectivity index (χ0v) is 9.36. The fourth-order valence-corrected chi connectivity index (χ4v) is 1.68. The second-order valence-electron chi connectivity index (χ2n) is 4.22. The van der Waals surface area contributed by atoms with E-state index in [1.807, 2.05) is 12.3 Å².